The molecule has 0 radical (unpaired) electrons. The summed E-state index contributed by atoms with van der Waals surface area (Å²) in [7, 11) is 0. The summed E-state index contributed by atoms with van der Waals surface area (Å²) in [6.45, 7) is 4.70. The average Bonchev–Trinajstić information content (AvgIpc) is 3.31. The molecule has 0 spiro atoms. The van der Waals surface area contributed by atoms with Crippen molar-refractivity contribution < 1.29 is 14.4 Å². The van der Waals surface area contributed by atoms with Crippen molar-refractivity contribution in [2.75, 3.05) is 17.3 Å². The van der Waals surface area contributed by atoms with Crippen LogP contribution in [0.4, 0.5) is 5.69 Å². The van der Waals surface area contributed by atoms with Gasteiger partial charge in [0, 0.05) is 42.1 Å². The third-order valence-electron chi connectivity index (χ3n) is 5.68. The van der Waals surface area contributed by atoms with Crippen molar-refractivity contribution in [3.63, 3.8) is 0 Å². The molecule has 2 aromatic carbocycles. The van der Waals surface area contributed by atoms with E-state index in [-0.39, 0.29) is 24.1 Å². The van der Waals surface area contributed by atoms with E-state index in [2.05, 4.69) is 10.7 Å². The number of aryl methyl sites for hydroxylation is 2. The number of benzene rings is 2. The van der Waals surface area contributed by atoms with Crippen LogP contribution in [0.3, 0.4) is 0 Å². The zero-order valence-electron chi connectivity index (χ0n) is 18.2. The number of carbonyl (C=O) groups excluding carboxylic acids is 3. The molecule has 7 heteroatoms. The molecule has 0 bridgehead atoms. The second-order valence-electron chi connectivity index (χ2n) is 8.12. The molecule has 1 fully saturated rings. The molecule has 3 aromatic rings. The van der Waals surface area contributed by atoms with Gasteiger partial charge in [-0.15, -0.1) is 0 Å². The smallest absolute Gasteiger partial charge is 0.270 e. The lowest BCUT2D eigenvalue weighted by Gasteiger charge is -2.17. The van der Waals surface area contributed by atoms with Gasteiger partial charge in [0.2, 0.25) is 11.8 Å². The Morgan fingerprint density at radius 3 is 2.41 bits per heavy atom. The van der Waals surface area contributed by atoms with E-state index in [1.54, 1.807) is 33.8 Å². The SMILES string of the molecule is Cc1ccc(C)n1NC(=O)c1cccc(NC(=O)[C@H]2CC(=O)N(Cc3ccccc3)C2)c1. The Kier molecular flexibility index (Phi) is 6.07. The second-order valence-corrected chi connectivity index (χ2v) is 8.12. The Labute approximate surface area is 187 Å². The molecule has 3 amide bonds. The first kappa shape index (κ1) is 21.4. The monoisotopic (exact) mass is 430 g/mol. The van der Waals surface area contributed by atoms with Crippen LogP contribution in [0.15, 0.2) is 66.7 Å². The minimum absolute atomic E-state index is 0.0282. The fourth-order valence-electron chi connectivity index (χ4n) is 3.90. The Morgan fingerprint density at radius 2 is 1.69 bits per heavy atom. The predicted molar refractivity (Wildman–Crippen MR) is 123 cm³/mol. The highest BCUT2D eigenvalue weighted by molar-refractivity contribution is 6.02. The van der Waals surface area contributed by atoms with Crippen molar-refractivity contribution >= 4 is 23.4 Å². The zero-order chi connectivity index (χ0) is 22.7. The summed E-state index contributed by atoms with van der Waals surface area (Å²) in [5.41, 5.74) is 6.70. The molecule has 1 atom stereocenters. The minimum atomic E-state index is -0.422. The van der Waals surface area contributed by atoms with E-state index in [0.717, 1.165) is 17.0 Å². The predicted octanol–water partition coefficient (Wildman–Crippen LogP) is 3.48. The summed E-state index contributed by atoms with van der Waals surface area (Å²) in [6.07, 6.45) is 0.186. The molecular formula is C25H26N4O3. The Bertz CT molecular complexity index is 1130. The standard InChI is InChI=1S/C25H26N4O3/c1-17-11-12-18(2)29(17)27-25(32)20-9-6-10-22(13-20)26-24(31)21-14-23(30)28(16-21)15-19-7-4-3-5-8-19/h3-13,21H,14-16H2,1-2H3,(H,26,31)(H,27,32)/t21-/m0/s1. The lowest BCUT2D eigenvalue weighted by Crippen LogP contribution is -2.28. The number of likely N-dealkylation sites (tertiary alicyclic amines) is 1. The summed E-state index contributed by atoms with van der Waals surface area (Å²) in [5.74, 6) is -0.939. The molecule has 0 saturated carbocycles. The van der Waals surface area contributed by atoms with Crippen LogP contribution in [-0.4, -0.2) is 33.8 Å². The molecule has 4 rings (SSSR count). The highest BCUT2D eigenvalue weighted by Gasteiger charge is 2.34. The highest BCUT2D eigenvalue weighted by Crippen LogP contribution is 2.22. The van der Waals surface area contributed by atoms with E-state index in [1.807, 2.05) is 56.3 Å². The maximum atomic E-state index is 12.8. The van der Waals surface area contributed by atoms with Gasteiger partial charge in [0.15, 0.2) is 0 Å². The van der Waals surface area contributed by atoms with Gasteiger partial charge < -0.3 is 10.2 Å². The topological polar surface area (TPSA) is 83.4 Å². The first-order valence-corrected chi connectivity index (χ1v) is 10.6. The fraction of sp³-hybridized carbons (Fsp3) is 0.240. The molecule has 1 saturated heterocycles. The first-order chi connectivity index (χ1) is 15.4. The van der Waals surface area contributed by atoms with Crippen LogP contribution in [0, 0.1) is 19.8 Å². The molecule has 32 heavy (non-hydrogen) atoms. The van der Waals surface area contributed by atoms with Crippen LogP contribution >= 0.6 is 0 Å². The van der Waals surface area contributed by atoms with Gasteiger partial charge in [-0.2, -0.15) is 0 Å². The largest absolute Gasteiger partial charge is 0.338 e. The van der Waals surface area contributed by atoms with Gasteiger partial charge in [-0.05, 0) is 49.7 Å². The molecule has 2 N–H and O–H groups in total. The third kappa shape index (κ3) is 4.72. The van der Waals surface area contributed by atoms with E-state index in [4.69, 9.17) is 0 Å². The van der Waals surface area contributed by atoms with Gasteiger partial charge in [0.25, 0.3) is 5.91 Å². The fourth-order valence-corrected chi connectivity index (χ4v) is 3.90. The van der Waals surface area contributed by atoms with Crippen LogP contribution in [-0.2, 0) is 16.1 Å². The molecule has 1 aromatic heterocycles. The maximum absolute atomic E-state index is 12.8. The van der Waals surface area contributed by atoms with Gasteiger partial charge in [-0.1, -0.05) is 36.4 Å². The van der Waals surface area contributed by atoms with E-state index in [9.17, 15) is 14.4 Å². The van der Waals surface area contributed by atoms with E-state index in [0.29, 0.717) is 24.3 Å². The quantitative estimate of drug-likeness (QED) is 0.628. The molecule has 7 nitrogen and oxygen atoms in total. The summed E-state index contributed by atoms with van der Waals surface area (Å²) in [6, 6.07) is 20.4. The van der Waals surface area contributed by atoms with Crippen molar-refractivity contribution in [2.45, 2.75) is 26.8 Å². The Morgan fingerprint density at radius 1 is 0.969 bits per heavy atom. The van der Waals surface area contributed by atoms with E-state index in [1.165, 1.54) is 0 Å². The van der Waals surface area contributed by atoms with Crippen LogP contribution in [0.2, 0.25) is 0 Å². The number of rotatable bonds is 6. The number of hydrogen-bond acceptors (Lipinski definition) is 3. The maximum Gasteiger partial charge on any atom is 0.270 e. The first-order valence-electron chi connectivity index (χ1n) is 10.6. The van der Waals surface area contributed by atoms with Crippen molar-refractivity contribution in [1.29, 1.82) is 0 Å². The minimum Gasteiger partial charge on any atom is -0.338 e. The molecule has 0 aliphatic carbocycles. The number of anilines is 1. The average molecular weight is 431 g/mol. The summed E-state index contributed by atoms with van der Waals surface area (Å²) >= 11 is 0. The lowest BCUT2D eigenvalue weighted by atomic mass is 10.1. The zero-order valence-corrected chi connectivity index (χ0v) is 18.2. The lowest BCUT2D eigenvalue weighted by molar-refractivity contribution is -0.128. The molecule has 1 aliphatic heterocycles. The molecular weight excluding hydrogens is 404 g/mol. The van der Waals surface area contributed by atoms with Crippen LogP contribution in [0.25, 0.3) is 0 Å². The van der Waals surface area contributed by atoms with Gasteiger partial charge in [0.1, 0.15) is 0 Å². The van der Waals surface area contributed by atoms with Gasteiger partial charge in [-0.25, -0.2) is 0 Å². The van der Waals surface area contributed by atoms with Crippen LogP contribution in [0.5, 0.6) is 0 Å². The second kappa shape index (κ2) is 9.09. The normalized spacial score (nSPS) is 15.6. The molecule has 164 valence electrons. The Balaban J connectivity index is 1.38. The van der Waals surface area contributed by atoms with Gasteiger partial charge in [-0.3, -0.25) is 24.5 Å². The van der Waals surface area contributed by atoms with Crippen molar-refractivity contribution in [1.82, 2.24) is 9.58 Å². The summed E-state index contributed by atoms with van der Waals surface area (Å²) in [4.78, 5) is 39.6. The van der Waals surface area contributed by atoms with Crippen molar-refractivity contribution in [3.05, 3.63) is 89.2 Å². The number of nitrogens with one attached hydrogen (secondary N) is 2. The number of carbonyl (C=O) groups is 3. The van der Waals surface area contributed by atoms with Crippen LogP contribution < -0.4 is 10.7 Å². The molecule has 0 unspecified atom stereocenters. The number of hydrogen-bond donors (Lipinski definition) is 2. The number of amides is 3. The van der Waals surface area contributed by atoms with Crippen LogP contribution in [0.1, 0.15) is 33.7 Å². The third-order valence-corrected chi connectivity index (χ3v) is 5.68. The summed E-state index contributed by atoms with van der Waals surface area (Å²) < 4.78 is 1.72. The van der Waals surface area contributed by atoms with Gasteiger partial charge in [0.05, 0.1) is 5.92 Å². The van der Waals surface area contributed by atoms with E-state index >= 15 is 0 Å². The summed E-state index contributed by atoms with van der Waals surface area (Å²) in [5, 5.41) is 2.86. The van der Waals surface area contributed by atoms with Crippen molar-refractivity contribution in [2.24, 2.45) is 5.92 Å². The van der Waals surface area contributed by atoms with Crippen molar-refractivity contribution in [3.8, 4) is 0 Å². The number of aromatic nitrogens is 1. The highest BCUT2D eigenvalue weighted by atomic mass is 16.2. The number of nitrogens with zero attached hydrogens (tertiary/aromatic N) is 2. The molecule has 1 aliphatic rings. The van der Waals surface area contributed by atoms with Gasteiger partial charge >= 0.3 is 0 Å². The molecule has 2 heterocycles. The Hall–Kier alpha value is -3.87. The van der Waals surface area contributed by atoms with E-state index < -0.39 is 5.92 Å².